The van der Waals surface area contributed by atoms with Crippen LogP contribution < -0.4 is 5.73 Å². The Balaban J connectivity index is 2.39. The molecule has 76 valence electrons. The van der Waals surface area contributed by atoms with Gasteiger partial charge in [0.2, 0.25) is 0 Å². The lowest BCUT2D eigenvalue weighted by molar-refractivity contribution is -0.138. The van der Waals surface area contributed by atoms with Crippen molar-refractivity contribution >= 4 is 0 Å². The summed E-state index contributed by atoms with van der Waals surface area (Å²) in [6.45, 7) is 0. The third kappa shape index (κ3) is 1.62. The average Bonchev–Trinajstić information content (AvgIpc) is 2.81. The summed E-state index contributed by atoms with van der Waals surface area (Å²) in [5.41, 5.74) is 5.34. The summed E-state index contributed by atoms with van der Waals surface area (Å²) in [5, 5.41) is 0. The predicted octanol–water partition coefficient (Wildman–Crippen LogP) is 2.52. The molecule has 0 heterocycles. The predicted molar refractivity (Wildman–Crippen MR) is 46.8 cm³/mol. The average molecular weight is 201 g/mol. The van der Waals surface area contributed by atoms with Crippen molar-refractivity contribution in [3.8, 4) is 0 Å². The minimum absolute atomic E-state index is 0.0986. The number of alkyl halides is 3. The molecule has 0 bridgehead atoms. The van der Waals surface area contributed by atoms with Crippen molar-refractivity contribution in [3.63, 3.8) is 0 Å². The van der Waals surface area contributed by atoms with Gasteiger partial charge in [0.15, 0.2) is 0 Å². The third-order valence-electron chi connectivity index (χ3n) is 2.51. The zero-order chi connectivity index (χ0) is 10.3. The first-order chi connectivity index (χ1) is 6.50. The van der Waals surface area contributed by atoms with E-state index < -0.39 is 11.7 Å². The Morgan fingerprint density at radius 3 is 2.29 bits per heavy atom. The number of hydrogen-bond donors (Lipinski definition) is 1. The second kappa shape index (κ2) is 2.98. The van der Waals surface area contributed by atoms with Gasteiger partial charge in [0, 0.05) is 12.0 Å². The lowest BCUT2D eigenvalue weighted by Gasteiger charge is -2.11. The molecule has 1 saturated carbocycles. The molecule has 2 N–H and O–H groups in total. The second-order valence-corrected chi connectivity index (χ2v) is 3.59. The van der Waals surface area contributed by atoms with Crippen molar-refractivity contribution in [3.05, 3.63) is 35.4 Å². The van der Waals surface area contributed by atoms with Crippen molar-refractivity contribution < 1.29 is 13.2 Å². The molecular weight excluding hydrogens is 191 g/mol. The number of rotatable bonds is 1. The zero-order valence-corrected chi connectivity index (χ0v) is 7.38. The molecule has 2 rings (SSSR count). The van der Waals surface area contributed by atoms with Crippen LogP contribution in [0.3, 0.4) is 0 Å². The number of benzene rings is 1. The molecule has 0 aromatic heterocycles. The van der Waals surface area contributed by atoms with Crippen molar-refractivity contribution in [2.24, 2.45) is 5.73 Å². The molecule has 2 atom stereocenters. The Bertz CT molecular complexity index is 345. The molecule has 1 fully saturated rings. The number of halogens is 3. The summed E-state index contributed by atoms with van der Waals surface area (Å²) < 4.78 is 37.6. The van der Waals surface area contributed by atoms with Crippen molar-refractivity contribution in [2.75, 3.05) is 0 Å². The maximum absolute atomic E-state index is 12.5. The van der Waals surface area contributed by atoms with Gasteiger partial charge < -0.3 is 5.73 Å². The van der Waals surface area contributed by atoms with Crippen LogP contribution in [-0.4, -0.2) is 6.04 Å². The molecule has 1 nitrogen and oxygen atoms in total. The van der Waals surface area contributed by atoms with E-state index in [1.165, 1.54) is 12.1 Å². The molecule has 14 heavy (non-hydrogen) atoms. The number of hydrogen-bond acceptors (Lipinski definition) is 1. The van der Waals surface area contributed by atoms with E-state index in [1.807, 2.05) is 0 Å². The normalized spacial score (nSPS) is 26.3. The Kier molecular flexibility index (Phi) is 2.03. The fraction of sp³-hybridized carbons (Fsp3) is 0.400. The van der Waals surface area contributed by atoms with Crippen LogP contribution >= 0.6 is 0 Å². The summed E-state index contributed by atoms with van der Waals surface area (Å²) in [5.74, 6) is -0.104. The van der Waals surface area contributed by atoms with E-state index in [0.717, 1.165) is 6.07 Å². The van der Waals surface area contributed by atoms with Gasteiger partial charge in [-0.05, 0) is 18.1 Å². The molecular formula is C10H10F3N. The van der Waals surface area contributed by atoms with Crippen molar-refractivity contribution in [1.82, 2.24) is 0 Å². The molecule has 4 heteroatoms. The molecule has 0 saturated heterocycles. The van der Waals surface area contributed by atoms with Crippen molar-refractivity contribution in [1.29, 1.82) is 0 Å². The van der Waals surface area contributed by atoms with Gasteiger partial charge in [0.1, 0.15) is 0 Å². The summed E-state index contributed by atoms with van der Waals surface area (Å²) in [6.07, 6.45) is -3.61. The lowest BCUT2D eigenvalue weighted by Crippen LogP contribution is -2.10. The SMILES string of the molecule is N[C@H]1C[C@@H]1c1ccccc1C(F)(F)F. The van der Waals surface area contributed by atoms with Crippen LogP contribution in [0.2, 0.25) is 0 Å². The summed E-state index contributed by atoms with van der Waals surface area (Å²) in [6, 6.07) is 5.55. The second-order valence-electron chi connectivity index (χ2n) is 3.59. The first-order valence-corrected chi connectivity index (χ1v) is 4.42. The van der Waals surface area contributed by atoms with Gasteiger partial charge in [-0.25, -0.2) is 0 Å². The van der Waals surface area contributed by atoms with Crippen LogP contribution in [0.1, 0.15) is 23.5 Å². The van der Waals surface area contributed by atoms with E-state index in [4.69, 9.17) is 5.73 Å². The lowest BCUT2D eigenvalue weighted by atomic mass is 10.0. The van der Waals surface area contributed by atoms with Gasteiger partial charge in [-0.2, -0.15) is 13.2 Å². The summed E-state index contributed by atoms with van der Waals surface area (Å²) >= 11 is 0. The van der Waals surface area contributed by atoms with Crippen LogP contribution in [0.5, 0.6) is 0 Å². The molecule has 1 aromatic carbocycles. The topological polar surface area (TPSA) is 26.0 Å². The fourth-order valence-electron chi connectivity index (χ4n) is 1.65. The summed E-state index contributed by atoms with van der Waals surface area (Å²) in [4.78, 5) is 0. The largest absolute Gasteiger partial charge is 0.416 e. The van der Waals surface area contributed by atoms with Crippen LogP contribution in [-0.2, 0) is 6.18 Å². The standard InChI is InChI=1S/C10H10F3N/c11-10(12,13)8-4-2-1-3-6(8)7-5-9(7)14/h1-4,7,9H,5,14H2/t7-,9+/m1/s1. The first kappa shape index (κ1) is 9.52. The van der Waals surface area contributed by atoms with E-state index in [9.17, 15) is 13.2 Å². The Hall–Kier alpha value is -1.03. The molecule has 1 aromatic rings. The summed E-state index contributed by atoms with van der Waals surface area (Å²) in [7, 11) is 0. The minimum atomic E-state index is -4.26. The highest BCUT2D eigenvalue weighted by Gasteiger charge is 2.42. The monoisotopic (exact) mass is 201 g/mol. The van der Waals surface area contributed by atoms with Crippen LogP contribution in [0.15, 0.2) is 24.3 Å². The molecule has 0 spiro atoms. The fourth-order valence-corrected chi connectivity index (χ4v) is 1.65. The van der Waals surface area contributed by atoms with E-state index in [2.05, 4.69) is 0 Å². The van der Waals surface area contributed by atoms with Crippen molar-refractivity contribution in [2.45, 2.75) is 24.6 Å². The van der Waals surface area contributed by atoms with Gasteiger partial charge in [-0.1, -0.05) is 18.2 Å². The molecule has 0 aliphatic heterocycles. The Labute approximate surface area is 79.7 Å². The van der Waals surface area contributed by atoms with Crippen LogP contribution in [0, 0.1) is 0 Å². The first-order valence-electron chi connectivity index (χ1n) is 4.42. The third-order valence-corrected chi connectivity index (χ3v) is 2.51. The molecule has 0 unspecified atom stereocenters. The van der Waals surface area contributed by atoms with E-state index in [0.29, 0.717) is 12.0 Å². The van der Waals surface area contributed by atoms with E-state index >= 15 is 0 Å². The molecule has 1 aliphatic carbocycles. The quantitative estimate of drug-likeness (QED) is 0.742. The highest BCUT2D eigenvalue weighted by molar-refractivity contribution is 5.37. The van der Waals surface area contributed by atoms with Gasteiger partial charge in [0.25, 0.3) is 0 Å². The molecule has 0 amide bonds. The maximum Gasteiger partial charge on any atom is 0.416 e. The Morgan fingerprint density at radius 1 is 1.21 bits per heavy atom. The van der Waals surface area contributed by atoms with Gasteiger partial charge in [-0.15, -0.1) is 0 Å². The molecule has 1 aliphatic rings. The minimum Gasteiger partial charge on any atom is -0.327 e. The van der Waals surface area contributed by atoms with Gasteiger partial charge in [0.05, 0.1) is 5.56 Å². The van der Waals surface area contributed by atoms with Gasteiger partial charge >= 0.3 is 6.18 Å². The van der Waals surface area contributed by atoms with Gasteiger partial charge in [-0.3, -0.25) is 0 Å². The smallest absolute Gasteiger partial charge is 0.327 e. The van der Waals surface area contributed by atoms with E-state index in [1.54, 1.807) is 6.07 Å². The maximum atomic E-state index is 12.5. The highest BCUT2D eigenvalue weighted by atomic mass is 19.4. The molecule has 0 radical (unpaired) electrons. The Morgan fingerprint density at radius 2 is 1.79 bits per heavy atom. The van der Waals surface area contributed by atoms with E-state index in [-0.39, 0.29) is 12.0 Å². The zero-order valence-electron chi connectivity index (χ0n) is 7.38. The van der Waals surface area contributed by atoms with Crippen LogP contribution in [0.25, 0.3) is 0 Å². The highest BCUT2D eigenvalue weighted by Crippen LogP contribution is 2.44. The number of nitrogens with two attached hydrogens (primary N) is 1. The van der Waals surface area contributed by atoms with Crippen LogP contribution in [0.4, 0.5) is 13.2 Å².